The zero-order valence-corrected chi connectivity index (χ0v) is 8.83. The molecule has 1 atom stereocenters. The van der Waals surface area contributed by atoms with E-state index in [9.17, 15) is 10.1 Å². The lowest BCUT2D eigenvalue weighted by atomic mass is 10.2. The zero-order valence-electron chi connectivity index (χ0n) is 8.83. The molecule has 0 saturated heterocycles. The van der Waals surface area contributed by atoms with Gasteiger partial charge in [0.2, 0.25) is 0 Å². The molecular weight excluding hydrogens is 208 g/mol. The molecular formula is C10H12N4O2. The van der Waals surface area contributed by atoms with Crippen molar-refractivity contribution in [1.29, 1.82) is 0 Å². The molecule has 0 bridgehead atoms. The van der Waals surface area contributed by atoms with Crippen LogP contribution in [0.3, 0.4) is 0 Å². The van der Waals surface area contributed by atoms with E-state index in [1.165, 1.54) is 12.1 Å². The Hall–Kier alpha value is -2.11. The minimum atomic E-state index is -0.408. The molecule has 0 amide bonds. The number of non-ortho nitro benzene ring substituents is 1. The molecule has 6 nitrogen and oxygen atoms in total. The Morgan fingerprint density at radius 3 is 2.75 bits per heavy atom. The maximum Gasteiger partial charge on any atom is 0.269 e. The van der Waals surface area contributed by atoms with Crippen LogP contribution in [-0.2, 0) is 0 Å². The number of nitro groups is 1. The Kier molecular flexibility index (Phi) is 2.72. The number of nitro benzene ring substituents is 1. The summed E-state index contributed by atoms with van der Waals surface area (Å²) in [4.78, 5) is 14.3. The van der Waals surface area contributed by atoms with Crippen LogP contribution in [0.15, 0.2) is 29.3 Å². The van der Waals surface area contributed by atoms with Gasteiger partial charge in [-0.1, -0.05) is 6.92 Å². The predicted molar refractivity (Wildman–Crippen MR) is 61.3 cm³/mol. The monoisotopic (exact) mass is 220 g/mol. The standard InChI is InChI=1S/C10H12N4O2/c1-2-10-11-7-12-13(10)8-3-5-9(6-4-8)14(15)16/h3-7,10H,2H2,1H3,(H,11,12). The Bertz CT molecular complexity index is 415. The Morgan fingerprint density at radius 2 is 2.19 bits per heavy atom. The zero-order chi connectivity index (χ0) is 11.5. The average Bonchev–Trinajstić information content (AvgIpc) is 2.77. The van der Waals surface area contributed by atoms with Crippen molar-refractivity contribution >= 4 is 17.7 Å². The molecule has 84 valence electrons. The number of hydrogen-bond donors (Lipinski definition) is 1. The Balaban J connectivity index is 2.19. The molecule has 6 heteroatoms. The van der Waals surface area contributed by atoms with E-state index in [-0.39, 0.29) is 11.9 Å². The number of aliphatic imine (C=N–C) groups is 1. The number of anilines is 1. The van der Waals surface area contributed by atoms with Crippen LogP contribution in [-0.4, -0.2) is 17.4 Å². The minimum Gasteiger partial charge on any atom is -0.286 e. The first-order valence-electron chi connectivity index (χ1n) is 5.04. The van der Waals surface area contributed by atoms with Crippen LogP contribution in [0.25, 0.3) is 0 Å². The van der Waals surface area contributed by atoms with Crippen molar-refractivity contribution in [1.82, 2.24) is 5.43 Å². The molecule has 0 aromatic heterocycles. The predicted octanol–water partition coefficient (Wildman–Crippen LogP) is 1.68. The van der Waals surface area contributed by atoms with Crippen molar-refractivity contribution in [2.75, 3.05) is 5.01 Å². The van der Waals surface area contributed by atoms with Gasteiger partial charge in [-0.3, -0.25) is 20.5 Å². The van der Waals surface area contributed by atoms with Gasteiger partial charge < -0.3 is 0 Å². The topological polar surface area (TPSA) is 70.8 Å². The van der Waals surface area contributed by atoms with Crippen LogP contribution >= 0.6 is 0 Å². The normalized spacial score (nSPS) is 18.6. The molecule has 16 heavy (non-hydrogen) atoms. The first-order chi connectivity index (χ1) is 7.72. The lowest BCUT2D eigenvalue weighted by Gasteiger charge is -2.23. The van der Waals surface area contributed by atoms with Crippen molar-refractivity contribution in [3.8, 4) is 0 Å². The van der Waals surface area contributed by atoms with Crippen LogP contribution in [0, 0.1) is 10.1 Å². The highest BCUT2D eigenvalue weighted by molar-refractivity contribution is 5.65. The van der Waals surface area contributed by atoms with Crippen molar-refractivity contribution in [2.45, 2.75) is 19.5 Å². The fraction of sp³-hybridized carbons (Fsp3) is 0.300. The van der Waals surface area contributed by atoms with E-state index in [4.69, 9.17) is 0 Å². The first-order valence-corrected chi connectivity index (χ1v) is 5.04. The third-order valence-electron chi connectivity index (χ3n) is 2.45. The SMILES string of the molecule is CCC1N=CNN1c1ccc([N+](=O)[O-])cc1. The molecule has 1 aliphatic heterocycles. The summed E-state index contributed by atoms with van der Waals surface area (Å²) in [5.41, 5.74) is 3.96. The summed E-state index contributed by atoms with van der Waals surface area (Å²) in [6, 6.07) is 6.40. The average molecular weight is 220 g/mol. The van der Waals surface area contributed by atoms with Crippen LogP contribution in [0.5, 0.6) is 0 Å². The third kappa shape index (κ3) is 1.81. The van der Waals surface area contributed by atoms with Gasteiger partial charge in [0.05, 0.1) is 10.6 Å². The van der Waals surface area contributed by atoms with E-state index in [1.54, 1.807) is 18.5 Å². The summed E-state index contributed by atoms with van der Waals surface area (Å²) in [6.07, 6.45) is 2.57. The maximum absolute atomic E-state index is 10.5. The fourth-order valence-corrected chi connectivity index (χ4v) is 1.60. The molecule has 1 aliphatic rings. The number of nitrogens with one attached hydrogen (secondary N) is 1. The van der Waals surface area contributed by atoms with Crippen molar-refractivity contribution in [3.63, 3.8) is 0 Å². The second-order valence-corrected chi connectivity index (χ2v) is 3.44. The van der Waals surface area contributed by atoms with Gasteiger partial charge in [0.1, 0.15) is 12.5 Å². The molecule has 0 spiro atoms. The van der Waals surface area contributed by atoms with E-state index in [1.807, 2.05) is 11.9 Å². The summed E-state index contributed by atoms with van der Waals surface area (Å²) in [6.45, 7) is 2.04. The number of hydrogen-bond acceptors (Lipinski definition) is 5. The molecule has 1 aromatic carbocycles. The highest BCUT2D eigenvalue weighted by atomic mass is 16.6. The highest BCUT2D eigenvalue weighted by Crippen LogP contribution is 2.22. The maximum atomic E-state index is 10.5. The molecule has 1 aromatic rings. The molecule has 2 rings (SSSR count). The van der Waals surface area contributed by atoms with Crippen molar-refractivity contribution < 1.29 is 4.92 Å². The Morgan fingerprint density at radius 1 is 1.50 bits per heavy atom. The van der Waals surface area contributed by atoms with E-state index in [0.29, 0.717) is 0 Å². The molecule has 0 fully saturated rings. The van der Waals surface area contributed by atoms with Crippen molar-refractivity contribution in [2.24, 2.45) is 4.99 Å². The van der Waals surface area contributed by atoms with E-state index in [0.717, 1.165) is 12.1 Å². The highest BCUT2D eigenvalue weighted by Gasteiger charge is 2.19. The Labute approximate surface area is 92.7 Å². The lowest BCUT2D eigenvalue weighted by molar-refractivity contribution is -0.384. The smallest absolute Gasteiger partial charge is 0.269 e. The summed E-state index contributed by atoms with van der Waals surface area (Å²) in [5, 5.41) is 12.4. The summed E-state index contributed by atoms with van der Waals surface area (Å²) in [7, 11) is 0. The summed E-state index contributed by atoms with van der Waals surface area (Å²) >= 11 is 0. The van der Waals surface area contributed by atoms with Crippen LogP contribution in [0.1, 0.15) is 13.3 Å². The van der Waals surface area contributed by atoms with Gasteiger partial charge in [-0.05, 0) is 18.6 Å². The second kappa shape index (κ2) is 4.18. The minimum absolute atomic E-state index is 0.0569. The summed E-state index contributed by atoms with van der Waals surface area (Å²) < 4.78 is 0. The molecule has 0 saturated carbocycles. The van der Waals surface area contributed by atoms with Gasteiger partial charge in [0, 0.05) is 12.1 Å². The van der Waals surface area contributed by atoms with E-state index < -0.39 is 4.92 Å². The number of benzene rings is 1. The summed E-state index contributed by atoms with van der Waals surface area (Å²) in [5.74, 6) is 0. The van der Waals surface area contributed by atoms with Gasteiger partial charge in [-0.25, -0.2) is 4.99 Å². The first kappa shape index (κ1) is 10.4. The van der Waals surface area contributed by atoms with E-state index in [2.05, 4.69) is 10.4 Å². The molecule has 1 unspecified atom stereocenters. The van der Waals surface area contributed by atoms with Gasteiger partial charge in [-0.2, -0.15) is 0 Å². The molecule has 0 aliphatic carbocycles. The fourth-order valence-electron chi connectivity index (χ4n) is 1.60. The van der Waals surface area contributed by atoms with Gasteiger partial charge >= 0.3 is 0 Å². The van der Waals surface area contributed by atoms with Gasteiger partial charge in [0.25, 0.3) is 5.69 Å². The number of nitrogens with zero attached hydrogens (tertiary/aromatic N) is 3. The second-order valence-electron chi connectivity index (χ2n) is 3.44. The van der Waals surface area contributed by atoms with Crippen LogP contribution in [0.4, 0.5) is 11.4 Å². The molecule has 1 N–H and O–H groups in total. The quantitative estimate of drug-likeness (QED) is 0.621. The molecule has 1 heterocycles. The van der Waals surface area contributed by atoms with Crippen LogP contribution < -0.4 is 10.4 Å². The van der Waals surface area contributed by atoms with Crippen LogP contribution in [0.2, 0.25) is 0 Å². The van der Waals surface area contributed by atoms with Gasteiger partial charge in [0.15, 0.2) is 0 Å². The molecule has 0 radical (unpaired) electrons. The lowest BCUT2D eigenvalue weighted by Crippen LogP contribution is -2.38. The third-order valence-corrected chi connectivity index (χ3v) is 2.45. The number of hydrazine groups is 1. The largest absolute Gasteiger partial charge is 0.286 e. The van der Waals surface area contributed by atoms with E-state index >= 15 is 0 Å². The number of rotatable bonds is 3. The van der Waals surface area contributed by atoms with Gasteiger partial charge in [-0.15, -0.1) is 0 Å². The van der Waals surface area contributed by atoms with Crippen molar-refractivity contribution in [3.05, 3.63) is 34.4 Å².